The van der Waals surface area contributed by atoms with Gasteiger partial charge in [0.15, 0.2) is 0 Å². The lowest BCUT2D eigenvalue weighted by Gasteiger charge is -2.05. The van der Waals surface area contributed by atoms with E-state index in [0.29, 0.717) is 11.3 Å². The number of nitro benzene ring substituents is 1. The van der Waals surface area contributed by atoms with E-state index >= 15 is 0 Å². The van der Waals surface area contributed by atoms with Gasteiger partial charge in [0.1, 0.15) is 0 Å². The van der Waals surface area contributed by atoms with Gasteiger partial charge in [0.05, 0.1) is 11.1 Å². The van der Waals surface area contributed by atoms with E-state index in [9.17, 15) is 19.7 Å². The summed E-state index contributed by atoms with van der Waals surface area (Å²) in [6.07, 6.45) is 1.30. The number of hydrogen-bond donors (Lipinski definition) is 2. The fourth-order valence-electron chi connectivity index (χ4n) is 2.13. The van der Waals surface area contributed by atoms with Gasteiger partial charge >= 0.3 is 0 Å². The molecule has 26 heavy (non-hydrogen) atoms. The molecule has 0 saturated heterocycles. The van der Waals surface area contributed by atoms with Crippen LogP contribution in [0.25, 0.3) is 0 Å². The number of rotatable bonds is 7. The van der Waals surface area contributed by atoms with E-state index < -0.39 is 10.8 Å². The number of aryl methyl sites for hydroxylation is 1. The van der Waals surface area contributed by atoms with Crippen molar-refractivity contribution in [3.8, 4) is 0 Å². The maximum Gasteiger partial charge on any atom is 0.270 e. The Bertz CT molecular complexity index is 849. The molecule has 2 amide bonds. The minimum Gasteiger partial charge on any atom is -0.326 e. The fraction of sp³-hybridized carbons (Fsp3) is 0.167. The lowest BCUT2D eigenvalue weighted by Crippen LogP contribution is -2.20. The highest BCUT2D eigenvalue weighted by atomic mass is 16.6. The van der Waals surface area contributed by atoms with Gasteiger partial charge in [-0.25, -0.2) is 5.43 Å². The Hall–Kier alpha value is -3.55. The first-order chi connectivity index (χ1) is 12.4. The normalized spacial score (nSPS) is 10.5. The van der Waals surface area contributed by atoms with E-state index in [4.69, 9.17) is 0 Å². The number of non-ortho nitro benzene ring substituents is 1. The second-order valence-electron chi connectivity index (χ2n) is 5.56. The molecule has 0 atom stereocenters. The van der Waals surface area contributed by atoms with Crippen molar-refractivity contribution in [1.29, 1.82) is 0 Å². The van der Waals surface area contributed by atoms with Crippen molar-refractivity contribution in [2.75, 3.05) is 5.32 Å². The number of anilines is 1. The Balaban J connectivity index is 1.77. The van der Waals surface area contributed by atoms with E-state index in [0.717, 1.165) is 5.56 Å². The average Bonchev–Trinajstić information content (AvgIpc) is 2.60. The van der Waals surface area contributed by atoms with Gasteiger partial charge in [0.25, 0.3) is 5.69 Å². The molecule has 0 aliphatic heterocycles. The third-order valence-corrected chi connectivity index (χ3v) is 3.36. The van der Waals surface area contributed by atoms with Gasteiger partial charge in [0.2, 0.25) is 11.8 Å². The second-order valence-corrected chi connectivity index (χ2v) is 5.56. The van der Waals surface area contributed by atoms with Gasteiger partial charge in [0, 0.05) is 36.2 Å². The molecule has 0 radical (unpaired) electrons. The molecule has 0 fully saturated rings. The minimum absolute atomic E-state index is 0.0199. The molecule has 2 rings (SSSR count). The summed E-state index contributed by atoms with van der Waals surface area (Å²) in [7, 11) is 0. The van der Waals surface area contributed by atoms with Crippen molar-refractivity contribution in [3.63, 3.8) is 0 Å². The molecule has 0 aromatic heterocycles. The van der Waals surface area contributed by atoms with Gasteiger partial charge in [-0.1, -0.05) is 24.3 Å². The molecular formula is C18H18N4O4. The Morgan fingerprint density at radius 1 is 1.12 bits per heavy atom. The molecule has 0 saturated carbocycles. The minimum atomic E-state index is -0.511. The van der Waals surface area contributed by atoms with Crippen molar-refractivity contribution < 1.29 is 14.5 Å². The van der Waals surface area contributed by atoms with Crippen LogP contribution >= 0.6 is 0 Å². The van der Waals surface area contributed by atoms with Crippen molar-refractivity contribution in [2.45, 2.75) is 19.8 Å². The van der Waals surface area contributed by atoms with Crippen molar-refractivity contribution in [2.24, 2.45) is 5.10 Å². The largest absolute Gasteiger partial charge is 0.326 e. The predicted molar refractivity (Wildman–Crippen MR) is 97.9 cm³/mol. The standard InChI is InChI=1S/C18H18N4O4/c1-13-4-2-6-15(10-13)20-17(23)8-9-18(24)21-19-12-14-5-3-7-16(11-14)22(25)26/h2-7,10-12H,8-9H2,1H3,(H,20,23)(H,21,24). The van der Waals surface area contributed by atoms with Gasteiger partial charge < -0.3 is 5.32 Å². The molecule has 2 N–H and O–H groups in total. The summed E-state index contributed by atoms with van der Waals surface area (Å²) in [6, 6.07) is 13.2. The SMILES string of the molecule is Cc1cccc(NC(=O)CCC(=O)NN=Cc2cccc([N+](=O)[O-])c2)c1. The van der Waals surface area contributed by atoms with Crippen LogP contribution in [-0.2, 0) is 9.59 Å². The maximum atomic E-state index is 11.8. The highest BCUT2D eigenvalue weighted by Gasteiger charge is 2.07. The summed E-state index contributed by atoms with van der Waals surface area (Å²) in [5, 5.41) is 17.1. The number of hydrogen-bond acceptors (Lipinski definition) is 5. The molecular weight excluding hydrogens is 336 g/mol. The van der Waals surface area contributed by atoms with Crippen molar-refractivity contribution >= 4 is 29.4 Å². The second kappa shape index (κ2) is 9.07. The lowest BCUT2D eigenvalue weighted by atomic mass is 10.2. The number of amides is 2. The highest BCUT2D eigenvalue weighted by molar-refractivity contribution is 5.93. The summed E-state index contributed by atoms with van der Waals surface area (Å²) in [5.41, 5.74) is 4.41. The number of nitro groups is 1. The van der Waals surface area contributed by atoms with Crippen LogP contribution in [0, 0.1) is 17.0 Å². The lowest BCUT2D eigenvalue weighted by molar-refractivity contribution is -0.384. The topological polar surface area (TPSA) is 114 Å². The fourth-order valence-corrected chi connectivity index (χ4v) is 2.13. The summed E-state index contributed by atoms with van der Waals surface area (Å²) in [4.78, 5) is 33.7. The van der Waals surface area contributed by atoms with Crippen molar-refractivity contribution in [3.05, 3.63) is 69.8 Å². The molecule has 8 nitrogen and oxygen atoms in total. The van der Waals surface area contributed by atoms with Gasteiger partial charge in [-0.3, -0.25) is 19.7 Å². The van der Waals surface area contributed by atoms with E-state index in [-0.39, 0.29) is 24.4 Å². The number of carbonyl (C=O) groups excluding carboxylic acids is 2. The molecule has 0 aliphatic rings. The first kappa shape index (κ1) is 18.8. The molecule has 0 bridgehead atoms. The van der Waals surface area contributed by atoms with E-state index in [1.165, 1.54) is 24.4 Å². The third kappa shape index (κ3) is 6.16. The quantitative estimate of drug-likeness (QED) is 0.452. The number of nitrogens with one attached hydrogen (secondary N) is 2. The number of benzene rings is 2. The van der Waals surface area contributed by atoms with Gasteiger partial charge in [-0.2, -0.15) is 5.10 Å². The molecule has 0 spiro atoms. The maximum absolute atomic E-state index is 11.8. The third-order valence-electron chi connectivity index (χ3n) is 3.36. The summed E-state index contributed by atoms with van der Waals surface area (Å²) in [5.74, 6) is -0.695. The predicted octanol–water partition coefficient (Wildman–Crippen LogP) is 2.77. The van der Waals surface area contributed by atoms with Crippen LogP contribution in [-0.4, -0.2) is 23.0 Å². The first-order valence-corrected chi connectivity index (χ1v) is 7.87. The van der Waals surface area contributed by atoms with E-state index in [1.54, 1.807) is 12.1 Å². The summed E-state index contributed by atoms with van der Waals surface area (Å²) < 4.78 is 0. The van der Waals surface area contributed by atoms with Crippen LogP contribution in [0.3, 0.4) is 0 Å². The average molecular weight is 354 g/mol. The molecule has 0 heterocycles. The van der Waals surface area contributed by atoms with E-state index in [1.807, 2.05) is 25.1 Å². The number of hydrazone groups is 1. The summed E-state index contributed by atoms with van der Waals surface area (Å²) in [6.45, 7) is 1.92. The molecule has 0 aliphatic carbocycles. The Morgan fingerprint density at radius 2 is 1.85 bits per heavy atom. The molecule has 134 valence electrons. The zero-order valence-electron chi connectivity index (χ0n) is 14.1. The Morgan fingerprint density at radius 3 is 2.58 bits per heavy atom. The van der Waals surface area contributed by atoms with Crippen molar-refractivity contribution in [1.82, 2.24) is 5.43 Å². The first-order valence-electron chi connectivity index (χ1n) is 7.87. The molecule has 8 heteroatoms. The number of carbonyl (C=O) groups is 2. The van der Waals surface area contributed by atoms with Crippen LogP contribution in [0.15, 0.2) is 53.6 Å². The molecule has 2 aromatic carbocycles. The van der Waals surface area contributed by atoms with Gasteiger partial charge in [-0.05, 0) is 24.6 Å². The monoisotopic (exact) mass is 354 g/mol. The Labute approximate surface area is 150 Å². The van der Waals surface area contributed by atoms with Crippen LogP contribution in [0.5, 0.6) is 0 Å². The van der Waals surface area contributed by atoms with E-state index in [2.05, 4.69) is 15.8 Å². The highest BCUT2D eigenvalue weighted by Crippen LogP contribution is 2.11. The van der Waals surface area contributed by atoms with Crippen LogP contribution in [0.2, 0.25) is 0 Å². The molecule has 2 aromatic rings. The smallest absolute Gasteiger partial charge is 0.270 e. The van der Waals surface area contributed by atoms with Crippen LogP contribution in [0.1, 0.15) is 24.0 Å². The Kier molecular flexibility index (Phi) is 6.55. The molecule has 0 unspecified atom stereocenters. The van der Waals surface area contributed by atoms with Gasteiger partial charge in [-0.15, -0.1) is 0 Å². The zero-order chi connectivity index (χ0) is 18.9. The zero-order valence-corrected chi connectivity index (χ0v) is 14.1. The van der Waals surface area contributed by atoms with Crippen LogP contribution in [0.4, 0.5) is 11.4 Å². The summed E-state index contributed by atoms with van der Waals surface area (Å²) >= 11 is 0. The van der Waals surface area contributed by atoms with Crippen LogP contribution < -0.4 is 10.7 Å². The number of nitrogens with zero attached hydrogens (tertiary/aromatic N) is 2.